The molecule has 4 rings (SSSR count). The van der Waals surface area contributed by atoms with Crippen molar-refractivity contribution in [1.82, 2.24) is 14.5 Å². The molecule has 5 heteroatoms. The maximum Gasteiger partial charge on any atom is 0.164 e. The molecule has 0 bridgehead atoms. The molecule has 3 heterocycles. The molecule has 1 unspecified atom stereocenters. The van der Waals surface area contributed by atoms with Gasteiger partial charge in [-0.3, -0.25) is 4.57 Å². The first-order chi connectivity index (χ1) is 10.3. The van der Waals surface area contributed by atoms with Crippen LogP contribution in [0.3, 0.4) is 0 Å². The van der Waals surface area contributed by atoms with Gasteiger partial charge in [0.05, 0.1) is 0 Å². The zero-order valence-electron chi connectivity index (χ0n) is 11.4. The molecule has 1 fully saturated rings. The first kappa shape index (κ1) is 12.5. The van der Waals surface area contributed by atoms with Crippen LogP contribution in [0.4, 0.5) is 4.39 Å². The van der Waals surface area contributed by atoms with Gasteiger partial charge in [-0.05, 0) is 49.2 Å². The molecule has 0 aliphatic carbocycles. The van der Waals surface area contributed by atoms with Crippen LogP contribution in [-0.2, 0) is 4.74 Å². The third kappa shape index (κ3) is 2.10. The Kier molecular flexibility index (Phi) is 2.93. The van der Waals surface area contributed by atoms with Crippen molar-refractivity contribution in [1.29, 1.82) is 0 Å². The van der Waals surface area contributed by atoms with E-state index in [0.29, 0.717) is 0 Å². The molecular weight excluding hydrogens is 269 g/mol. The number of imidazole rings is 1. The first-order valence-corrected chi connectivity index (χ1v) is 7.04. The zero-order valence-corrected chi connectivity index (χ0v) is 11.4. The summed E-state index contributed by atoms with van der Waals surface area (Å²) in [6, 6.07) is 10.2. The number of nitrogens with zero attached hydrogens (tertiary/aromatic N) is 3. The zero-order chi connectivity index (χ0) is 14.2. The molecule has 0 N–H and O–H groups in total. The summed E-state index contributed by atoms with van der Waals surface area (Å²) in [5, 5.41) is 0. The van der Waals surface area contributed by atoms with Crippen LogP contribution >= 0.6 is 0 Å². The molecule has 21 heavy (non-hydrogen) atoms. The van der Waals surface area contributed by atoms with E-state index in [1.54, 1.807) is 18.3 Å². The molecule has 1 saturated heterocycles. The highest BCUT2D eigenvalue weighted by molar-refractivity contribution is 5.73. The van der Waals surface area contributed by atoms with Crippen molar-refractivity contribution >= 4 is 11.2 Å². The van der Waals surface area contributed by atoms with Crippen LogP contribution in [0.2, 0.25) is 0 Å². The van der Waals surface area contributed by atoms with Crippen LogP contribution in [0.1, 0.15) is 24.8 Å². The van der Waals surface area contributed by atoms with Gasteiger partial charge >= 0.3 is 0 Å². The van der Waals surface area contributed by atoms with Gasteiger partial charge in [0.2, 0.25) is 0 Å². The number of halogens is 1. The van der Waals surface area contributed by atoms with Crippen LogP contribution in [0.5, 0.6) is 0 Å². The third-order valence-corrected chi connectivity index (χ3v) is 3.74. The minimum Gasteiger partial charge on any atom is -0.370 e. The van der Waals surface area contributed by atoms with Crippen LogP contribution in [-0.4, -0.2) is 21.1 Å². The highest BCUT2D eigenvalue weighted by Crippen LogP contribution is 2.32. The average Bonchev–Trinajstić information content (AvgIpc) is 3.15. The quantitative estimate of drug-likeness (QED) is 0.723. The maximum absolute atomic E-state index is 13.2. The van der Waals surface area contributed by atoms with Gasteiger partial charge in [-0.25, -0.2) is 14.4 Å². The van der Waals surface area contributed by atoms with Gasteiger partial charge in [0.25, 0.3) is 0 Å². The molecule has 4 nitrogen and oxygen atoms in total. The second kappa shape index (κ2) is 4.93. The van der Waals surface area contributed by atoms with Gasteiger partial charge in [0, 0.05) is 18.5 Å². The predicted octanol–water partition coefficient (Wildman–Crippen LogP) is 3.41. The summed E-state index contributed by atoms with van der Waals surface area (Å²) in [4.78, 5) is 9.10. The second-order valence-electron chi connectivity index (χ2n) is 5.13. The number of hydrogen-bond donors (Lipinski definition) is 0. The van der Waals surface area contributed by atoms with Gasteiger partial charge in [0.1, 0.15) is 23.3 Å². The number of aromatic nitrogens is 3. The number of ether oxygens (including phenoxy) is 1. The number of hydrogen-bond acceptors (Lipinski definition) is 3. The number of rotatable bonds is 2. The fourth-order valence-corrected chi connectivity index (χ4v) is 2.77. The summed E-state index contributed by atoms with van der Waals surface area (Å²) in [6.07, 6.45) is 3.70. The fraction of sp³-hybridized carbons (Fsp3) is 0.250. The van der Waals surface area contributed by atoms with E-state index in [9.17, 15) is 4.39 Å². The van der Waals surface area contributed by atoms with Crippen molar-refractivity contribution in [2.75, 3.05) is 6.61 Å². The minimum absolute atomic E-state index is 0.0238. The Morgan fingerprint density at radius 2 is 2.05 bits per heavy atom. The van der Waals surface area contributed by atoms with Crippen molar-refractivity contribution in [2.45, 2.75) is 18.9 Å². The Balaban J connectivity index is 1.95. The van der Waals surface area contributed by atoms with E-state index in [-0.39, 0.29) is 11.9 Å². The van der Waals surface area contributed by atoms with Crippen molar-refractivity contribution in [3.05, 3.63) is 54.2 Å². The average molecular weight is 283 g/mol. The van der Waals surface area contributed by atoms with Gasteiger partial charge in [0.15, 0.2) is 5.65 Å². The standard InChI is InChI=1S/C16H14FN3O/c17-11-5-7-12(8-6-11)20-15-13(3-1-9-18-15)19-16(20)14-4-2-10-21-14/h1,3,5-9,14H,2,4,10H2. The SMILES string of the molecule is Fc1ccc(-n2c(C3CCCO3)nc3cccnc32)cc1. The molecular formula is C16H14FN3O. The smallest absolute Gasteiger partial charge is 0.164 e. The Morgan fingerprint density at radius 3 is 2.81 bits per heavy atom. The van der Waals surface area contributed by atoms with E-state index in [1.807, 2.05) is 16.7 Å². The van der Waals surface area contributed by atoms with E-state index in [2.05, 4.69) is 9.97 Å². The van der Waals surface area contributed by atoms with Crippen molar-refractivity contribution in [2.24, 2.45) is 0 Å². The highest BCUT2D eigenvalue weighted by Gasteiger charge is 2.25. The minimum atomic E-state index is -0.255. The van der Waals surface area contributed by atoms with Crippen LogP contribution in [0.15, 0.2) is 42.6 Å². The largest absolute Gasteiger partial charge is 0.370 e. The predicted molar refractivity (Wildman–Crippen MR) is 76.8 cm³/mol. The summed E-state index contributed by atoms with van der Waals surface area (Å²) in [5.41, 5.74) is 2.45. The summed E-state index contributed by atoms with van der Waals surface area (Å²) < 4.78 is 20.9. The van der Waals surface area contributed by atoms with Crippen LogP contribution in [0, 0.1) is 5.82 Å². The lowest BCUT2D eigenvalue weighted by atomic mass is 10.2. The van der Waals surface area contributed by atoms with Gasteiger partial charge in [-0.15, -0.1) is 0 Å². The number of fused-ring (bicyclic) bond motifs is 1. The number of pyridine rings is 1. The fourth-order valence-electron chi connectivity index (χ4n) is 2.77. The molecule has 1 aliphatic rings. The molecule has 1 aromatic carbocycles. The van der Waals surface area contributed by atoms with Crippen molar-refractivity contribution in [3.8, 4) is 5.69 Å². The first-order valence-electron chi connectivity index (χ1n) is 7.04. The summed E-state index contributed by atoms with van der Waals surface area (Å²) in [5.74, 6) is 0.586. The molecule has 106 valence electrons. The topological polar surface area (TPSA) is 39.9 Å². The Hall–Kier alpha value is -2.27. The van der Waals surface area contributed by atoms with E-state index in [0.717, 1.165) is 42.1 Å². The van der Waals surface area contributed by atoms with Gasteiger partial charge in [-0.2, -0.15) is 0 Å². The lowest BCUT2D eigenvalue weighted by Crippen LogP contribution is -2.07. The molecule has 0 amide bonds. The Labute approximate surface area is 121 Å². The lowest BCUT2D eigenvalue weighted by Gasteiger charge is -2.13. The molecule has 0 spiro atoms. The Bertz CT molecular complexity index is 776. The second-order valence-corrected chi connectivity index (χ2v) is 5.13. The van der Waals surface area contributed by atoms with E-state index in [1.165, 1.54) is 12.1 Å². The van der Waals surface area contributed by atoms with Gasteiger partial charge < -0.3 is 4.74 Å². The molecule has 3 aromatic rings. The van der Waals surface area contributed by atoms with Crippen LogP contribution < -0.4 is 0 Å². The van der Waals surface area contributed by atoms with Gasteiger partial charge in [-0.1, -0.05) is 0 Å². The molecule has 0 saturated carbocycles. The normalized spacial score (nSPS) is 18.4. The molecule has 1 aliphatic heterocycles. The summed E-state index contributed by atoms with van der Waals surface area (Å²) in [6.45, 7) is 0.755. The van der Waals surface area contributed by atoms with Crippen molar-refractivity contribution in [3.63, 3.8) is 0 Å². The molecule has 0 radical (unpaired) electrons. The molecule has 1 atom stereocenters. The monoisotopic (exact) mass is 283 g/mol. The third-order valence-electron chi connectivity index (χ3n) is 3.74. The van der Waals surface area contributed by atoms with E-state index >= 15 is 0 Å². The van der Waals surface area contributed by atoms with E-state index in [4.69, 9.17) is 4.74 Å². The van der Waals surface area contributed by atoms with Crippen molar-refractivity contribution < 1.29 is 9.13 Å². The van der Waals surface area contributed by atoms with Crippen LogP contribution in [0.25, 0.3) is 16.9 Å². The maximum atomic E-state index is 13.2. The number of benzene rings is 1. The Morgan fingerprint density at radius 1 is 1.19 bits per heavy atom. The highest BCUT2D eigenvalue weighted by atomic mass is 19.1. The summed E-state index contributed by atoms with van der Waals surface area (Å²) in [7, 11) is 0. The molecule has 2 aromatic heterocycles. The summed E-state index contributed by atoms with van der Waals surface area (Å²) >= 11 is 0. The van der Waals surface area contributed by atoms with E-state index < -0.39 is 0 Å². The lowest BCUT2D eigenvalue weighted by molar-refractivity contribution is 0.104.